The Labute approximate surface area is 214 Å². The van der Waals surface area contributed by atoms with Crippen LogP contribution in [0.3, 0.4) is 0 Å². The maximum Gasteiger partial charge on any atom is 0.416 e. The monoisotopic (exact) mass is 575 g/mol. The van der Waals surface area contributed by atoms with Crippen molar-refractivity contribution in [2.75, 3.05) is 4.90 Å². The predicted molar refractivity (Wildman–Crippen MR) is 128 cm³/mol. The molecule has 0 aromatic heterocycles. The molecular weight excluding hydrogens is 563 g/mol. The zero-order valence-electron chi connectivity index (χ0n) is 18.3. The Morgan fingerprint density at radius 3 is 2.35 bits per heavy atom. The topological polar surface area (TPSA) is 119 Å². The molecule has 4 amide bonds. The molecular formula is C24H13BrF3N3O6. The molecule has 37 heavy (non-hydrogen) atoms. The van der Waals surface area contributed by atoms with Crippen molar-refractivity contribution in [3.05, 3.63) is 98.0 Å². The first-order valence-electron chi connectivity index (χ1n) is 10.2. The molecule has 0 bridgehead atoms. The minimum atomic E-state index is -4.78. The van der Waals surface area contributed by atoms with Gasteiger partial charge in [0.05, 0.1) is 16.2 Å². The molecule has 4 rings (SSSR count). The molecule has 0 atom stereocenters. The first-order valence-corrected chi connectivity index (χ1v) is 11.0. The van der Waals surface area contributed by atoms with Gasteiger partial charge >= 0.3 is 17.9 Å². The summed E-state index contributed by atoms with van der Waals surface area (Å²) >= 11 is 3.25. The van der Waals surface area contributed by atoms with Crippen LogP contribution in [0, 0.1) is 10.1 Å². The number of ether oxygens (including phenoxy) is 1. The number of rotatable bonds is 5. The van der Waals surface area contributed by atoms with E-state index in [9.17, 15) is 37.7 Å². The number of barbiturate groups is 1. The van der Waals surface area contributed by atoms with Gasteiger partial charge in [0.1, 0.15) is 11.3 Å². The van der Waals surface area contributed by atoms with E-state index in [4.69, 9.17) is 4.74 Å². The zero-order valence-corrected chi connectivity index (χ0v) is 19.9. The highest BCUT2D eigenvalue weighted by atomic mass is 79.9. The second-order valence-corrected chi connectivity index (χ2v) is 8.46. The van der Waals surface area contributed by atoms with Crippen molar-refractivity contribution in [1.29, 1.82) is 0 Å². The molecule has 1 saturated heterocycles. The van der Waals surface area contributed by atoms with E-state index in [0.717, 1.165) is 11.0 Å². The molecule has 1 fully saturated rings. The number of benzene rings is 3. The van der Waals surface area contributed by atoms with Crippen LogP contribution >= 0.6 is 15.9 Å². The third-order valence-electron chi connectivity index (χ3n) is 5.07. The summed E-state index contributed by atoms with van der Waals surface area (Å²) in [5.74, 6) is -2.28. The van der Waals surface area contributed by atoms with Crippen LogP contribution in [0.1, 0.15) is 11.1 Å². The molecule has 1 aliphatic rings. The first kappa shape index (κ1) is 25.6. The molecule has 1 heterocycles. The molecule has 0 unspecified atom stereocenters. The fourth-order valence-electron chi connectivity index (χ4n) is 3.37. The van der Waals surface area contributed by atoms with Crippen LogP contribution in [-0.2, 0) is 15.8 Å². The van der Waals surface area contributed by atoms with Crippen LogP contribution in [0.4, 0.5) is 29.3 Å². The van der Waals surface area contributed by atoms with E-state index in [1.807, 2.05) is 0 Å². The lowest BCUT2D eigenvalue weighted by Gasteiger charge is -2.26. The van der Waals surface area contributed by atoms with Crippen molar-refractivity contribution in [2.24, 2.45) is 0 Å². The number of hydrogen-bond acceptors (Lipinski definition) is 6. The van der Waals surface area contributed by atoms with Crippen LogP contribution < -0.4 is 15.0 Å². The normalized spacial score (nSPS) is 15.1. The molecule has 1 aliphatic heterocycles. The number of nitro groups is 1. The Morgan fingerprint density at radius 1 is 1.00 bits per heavy atom. The lowest BCUT2D eigenvalue weighted by molar-refractivity contribution is -0.385. The summed E-state index contributed by atoms with van der Waals surface area (Å²) in [7, 11) is 0. The number of nitro benzene ring substituents is 1. The van der Waals surface area contributed by atoms with Crippen LogP contribution in [0.2, 0.25) is 0 Å². The second-order valence-electron chi connectivity index (χ2n) is 7.55. The van der Waals surface area contributed by atoms with Crippen LogP contribution in [-0.4, -0.2) is 22.8 Å². The first-order chi connectivity index (χ1) is 17.4. The SMILES string of the molecule is O=C1NC(=O)N(c2ccc(Br)cc2)C(=O)/C1=C\c1cccc(Oc2ccc(C(F)(F)F)cc2[N+](=O)[O-])c1. The van der Waals surface area contributed by atoms with Gasteiger partial charge in [0, 0.05) is 10.5 Å². The summed E-state index contributed by atoms with van der Waals surface area (Å²) in [5.41, 5.74) is -2.02. The highest BCUT2D eigenvalue weighted by Crippen LogP contribution is 2.38. The molecule has 9 nitrogen and oxygen atoms in total. The number of urea groups is 1. The molecule has 188 valence electrons. The Morgan fingerprint density at radius 2 is 1.70 bits per heavy atom. The Bertz CT molecular complexity index is 1470. The smallest absolute Gasteiger partial charge is 0.416 e. The van der Waals surface area contributed by atoms with Gasteiger partial charge in [-0.1, -0.05) is 28.1 Å². The fourth-order valence-corrected chi connectivity index (χ4v) is 3.63. The van der Waals surface area contributed by atoms with Gasteiger partial charge in [0.25, 0.3) is 11.8 Å². The van der Waals surface area contributed by atoms with Gasteiger partial charge in [-0.05, 0) is 60.2 Å². The van der Waals surface area contributed by atoms with Crippen molar-refractivity contribution >= 4 is 51.2 Å². The number of amides is 4. The number of halogens is 4. The average Bonchev–Trinajstić information content (AvgIpc) is 2.82. The van der Waals surface area contributed by atoms with E-state index in [1.165, 1.54) is 42.5 Å². The van der Waals surface area contributed by atoms with Crippen molar-refractivity contribution in [3.8, 4) is 11.5 Å². The van der Waals surface area contributed by atoms with Gasteiger partial charge in [-0.25, -0.2) is 9.69 Å². The number of hydrogen-bond donors (Lipinski definition) is 1. The standard InChI is InChI=1S/C24H13BrF3N3O6/c25-15-5-7-16(8-6-15)30-22(33)18(21(32)29-23(30)34)11-13-2-1-3-17(10-13)37-20-9-4-14(24(26,27)28)12-19(20)31(35)36/h1-12H,(H,29,32,34)/b18-11-. The van der Waals surface area contributed by atoms with E-state index >= 15 is 0 Å². The zero-order chi connectivity index (χ0) is 26.9. The largest absolute Gasteiger partial charge is 0.450 e. The minimum Gasteiger partial charge on any atom is -0.450 e. The molecule has 13 heteroatoms. The predicted octanol–water partition coefficient (Wildman–Crippen LogP) is 5.83. The number of carbonyl (C=O) groups is 3. The second kappa shape index (κ2) is 9.85. The molecule has 0 spiro atoms. The number of imide groups is 2. The minimum absolute atomic E-state index is 0.0123. The maximum atomic E-state index is 13.0. The van der Waals surface area contributed by atoms with E-state index in [1.54, 1.807) is 12.1 Å². The van der Waals surface area contributed by atoms with Crippen molar-refractivity contribution in [1.82, 2.24) is 5.32 Å². The van der Waals surface area contributed by atoms with Crippen LogP contribution in [0.15, 0.2) is 76.8 Å². The summed E-state index contributed by atoms with van der Waals surface area (Å²) < 4.78 is 45.0. The van der Waals surface area contributed by atoms with E-state index in [0.29, 0.717) is 16.6 Å². The molecule has 0 saturated carbocycles. The third kappa shape index (κ3) is 5.51. The van der Waals surface area contributed by atoms with Gasteiger partial charge < -0.3 is 4.74 Å². The van der Waals surface area contributed by atoms with E-state index in [2.05, 4.69) is 21.2 Å². The highest BCUT2D eigenvalue weighted by Gasteiger charge is 2.37. The quantitative estimate of drug-likeness (QED) is 0.177. The summed E-state index contributed by atoms with van der Waals surface area (Å²) in [6, 6.07) is 12.7. The van der Waals surface area contributed by atoms with Gasteiger partial charge in [0.2, 0.25) is 5.75 Å². The van der Waals surface area contributed by atoms with Gasteiger partial charge in [0.15, 0.2) is 0 Å². The van der Waals surface area contributed by atoms with Crippen molar-refractivity contribution in [3.63, 3.8) is 0 Å². The van der Waals surface area contributed by atoms with E-state index < -0.39 is 45.9 Å². The number of carbonyl (C=O) groups excluding carboxylic acids is 3. The van der Waals surface area contributed by atoms with Gasteiger partial charge in [-0.15, -0.1) is 0 Å². The Hall–Kier alpha value is -4.52. The summed E-state index contributed by atoms with van der Waals surface area (Å²) in [5, 5.41) is 13.4. The summed E-state index contributed by atoms with van der Waals surface area (Å²) in [6.45, 7) is 0. The summed E-state index contributed by atoms with van der Waals surface area (Å²) in [6.07, 6.45) is -3.60. The molecule has 3 aromatic rings. The highest BCUT2D eigenvalue weighted by molar-refractivity contribution is 9.10. The lowest BCUT2D eigenvalue weighted by Crippen LogP contribution is -2.54. The maximum absolute atomic E-state index is 13.0. The molecule has 0 radical (unpaired) electrons. The summed E-state index contributed by atoms with van der Waals surface area (Å²) in [4.78, 5) is 48.8. The number of anilines is 1. The Kier molecular flexibility index (Phi) is 6.81. The van der Waals surface area contributed by atoms with Gasteiger partial charge in [-0.3, -0.25) is 25.0 Å². The van der Waals surface area contributed by atoms with Gasteiger partial charge in [-0.2, -0.15) is 13.2 Å². The average molecular weight is 576 g/mol. The van der Waals surface area contributed by atoms with E-state index in [-0.39, 0.29) is 22.6 Å². The number of nitrogens with one attached hydrogen (secondary N) is 1. The Balaban J connectivity index is 1.65. The van der Waals surface area contributed by atoms with Crippen molar-refractivity contribution < 1.29 is 37.2 Å². The molecule has 0 aliphatic carbocycles. The van der Waals surface area contributed by atoms with Crippen molar-refractivity contribution in [2.45, 2.75) is 6.18 Å². The number of nitrogens with zero attached hydrogens (tertiary/aromatic N) is 2. The van der Waals surface area contributed by atoms with Crippen LogP contribution in [0.25, 0.3) is 6.08 Å². The molecule has 1 N–H and O–H groups in total. The van der Waals surface area contributed by atoms with Crippen LogP contribution in [0.5, 0.6) is 11.5 Å². The number of alkyl halides is 3. The third-order valence-corrected chi connectivity index (χ3v) is 5.60. The molecule has 3 aromatic carbocycles. The lowest BCUT2D eigenvalue weighted by atomic mass is 10.1. The fraction of sp³-hybridized carbons (Fsp3) is 0.0417.